The summed E-state index contributed by atoms with van der Waals surface area (Å²) in [5, 5.41) is 2.79. The Balaban J connectivity index is 1.94. The molecule has 0 saturated carbocycles. The molecule has 0 saturated heterocycles. The predicted octanol–water partition coefficient (Wildman–Crippen LogP) is 5.65. The first-order valence-electron chi connectivity index (χ1n) is 7.00. The van der Waals surface area contributed by atoms with Gasteiger partial charge in [-0.25, -0.2) is 0 Å². The van der Waals surface area contributed by atoms with Crippen molar-refractivity contribution in [1.82, 2.24) is 0 Å². The molecule has 3 rings (SSSR count). The molecule has 3 aromatic rings. The summed E-state index contributed by atoms with van der Waals surface area (Å²) in [6.45, 7) is 0. The van der Waals surface area contributed by atoms with Crippen molar-refractivity contribution in [2.75, 3.05) is 5.32 Å². The average Bonchev–Trinajstić information content (AvgIpc) is 3.03. The average molecular weight is 421 g/mol. The Morgan fingerprint density at radius 3 is 2.42 bits per heavy atom. The maximum absolute atomic E-state index is 12.8. The highest BCUT2D eigenvalue weighted by Crippen LogP contribution is 2.26. The van der Waals surface area contributed by atoms with Crippen LogP contribution in [-0.2, 0) is 0 Å². The van der Waals surface area contributed by atoms with Crippen molar-refractivity contribution in [2.45, 2.75) is 0 Å². The third-order valence-electron chi connectivity index (χ3n) is 3.31. The minimum Gasteiger partial charge on any atom is -0.321 e. The van der Waals surface area contributed by atoms with Crippen molar-refractivity contribution in [2.24, 2.45) is 0 Å². The SMILES string of the molecule is O=C(Nc1ccc(Br)cc1C(=O)c1ccccc1)c1ccc(Cl)s1. The predicted molar refractivity (Wildman–Crippen MR) is 101 cm³/mol. The summed E-state index contributed by atoms with van der Waals surface area (Å²) in [4.78, 5) is 25.6. The summed E-state index contributed by atoms with van der Waals surface area (Å²) >= 11 is 10.4. The van der Waals surface area contributed by atoms with Gasteiger partial charge in [0.1, 0.15) is 0 Å². The molecule has 0 fully saturated rings. The van der Waals surface area contributed by atoms with Gasteiger partial charge in [0.2, 0.25) is 0 Å². The van der Waals surface area contributed by atoms with Gasteiger partial charge in [-0.1, -0.05) is 57.9 Å². The van der Waals surface area contributed by atoms with Crippen LogP contribution < -0.4 is 5.32 Å². The number of nitrogens with one attached hydrogen (secondary N) is 1. The lowest BCUT2D eigenvalue weighted by Crippen LogP contribution is -2.14. The van der Waals surface area contributed by atoms with Gasteiger partial charge in [0, 0.05) is 15.6 Å². The molecule has 2 aromatic carbocycles. The van der Waals surface area contributed by atoms with Gasteiger partial charge < -0.3 is 5.32 Å². The molecular formula is C18H11BrClNO2S. The van der Waals surface area contributed by atoms with E-state index in [9.17, 15) is 9.59 Å². The van der Waals surface area contributed by atoms with Crippen LogP contribution in [0.1, 0.15) is 25.6 Å². The summed E-state index contributed by atoms with van der Waals surface area (Å²) < 4.78 is 1.30. The van der Waals surface area contributed by atoms with Crippen LogP contribution in [0.2, 0.25) is 4.34 Å². The van der Waals surface area contributed by atoms with Crippen molar-refractivity contribution >= 4 is 56.2 Å². The summed E-state index contributed by atoms with van der Waals surface area (Å²) in [5.74, 6) is -0.451. The monoisotopic (exact) mass is 419 g/mol. The van der Waals surface area contributed by atoms with Crippen LogP contribution >= 0.6 is 38.9 Å². The number of amides is 1. The minimum absolute atomic E-state index is 0.156. The number of halogens is 2. The van der Waals surface area contributed by atoms with E-state index in [0.29, 0.717) is 26.0 Å². The van der Waals surface area contributed by atoms with Crippen molar-refractivity contribution in [1.29, 1.82) is 0 Å². The number of carbonyl (C=O) groups excluding carboxylic acids is 2. The fourth-order valence-corrected chi connectivity index (χ4v) is 3.48. The van der Waals surface area contributed by atoms with E-state index in [2.05, 4.69) is 21.2 Å². The van der Waals surface area contributed by atoms with Gasteiger partial charge in [-0.15, -0.1) is 11.3 Å². The number of rotatable bonds is 4. The first-order chi connectivity index (χ1) is 11.5. The minimum atomic E-state index is -0.295. The zero-order valence-corrected chi connectivity index (χ0v) is 15.4. The van der Waals surface area contributed by atoms with Gasteiger partial charge >= 0.3 is 0 Å². The molecule has 24 heavy (non-hydrogen) atoms. The zero-order chi connectivity index (χ0) is 17.1. The Morgan fingerprint density at radius 2 is 1.75 bits per heavy atom. The summed E-state index contributed by atoms with van der Waals surface area (Å²) in [5.41, 5.74) is 1.44. The van der Waals surface area contributed by atoms with Crippen LogP contribution in [0.3, 0.4) is 0 Å². The Hall–Kier alpha value is -1.95. The third kappa shape index (κ3) is 3.75. The highest BCUT2D eigenvalue weighted by Gasteiger charge is 2.17. The summed E-state index contributed by atoms with van der Waals surface area (Å²) in [6, 6.07) is 17.4. The number of hydrogen-bond acceptors (Lipinski definition) is 3. The second kappa shape index (κ2) is 7.30. The molecule has 0 aliphatic rings. The molecule has 1 heterocycles. The van der Waals surface area contributed by atoms with E-state index in [1.807, 2.05) is 6.07 Å². The molecule has 0 aliphatic carbocycles. The first kappa shape index (κ1) is 16.9. The number of hydrogen-bond donors (Lipinski definition) is 1. The lowest BCUT2D eigenvalue weighted by atomic mass is 10.0. The molecule has 6 heteroatoms. The molecule has 1 aromatic heterocycles. The Labute approximate surface area is 156 Å². The van der Waals surface area contributed by atoms with Crippen LogP contribution in [0.15, 0.2) is 65.1 Å². The fraction of sp³-hybridized carbons (Fsp3) is 0. The quantitative estimate of drug-likeness (QED) is 0.555. The van der Waals surface area contributed by atoms with E-state index in [1.54, 1.807) is 54.6 Å². The van der Waals surface area contributed by atoms with Crippen LogP contribution in [0.4, 0.5) is 5.69 Å². The summed E-state index contributed by atoms with van der Waals surface area (Å²) in [7, 11) is 0. The third-order valence-corrected chi connectivity index (χ3v) is 5.03. The van der Waals surface area contributed by atoms with Gasteiger partial charge in [-0.05, 0) is 30.3 Å². The van der Waals surface area contributed by atoms with Gasteiger partial charge in [0.15, 0.2) is 5.78 Å². The largest absolute Gasteiger partial charge is 0.321 e. The molecule has 1 N–H and O–H groups in total. The number of anilines is 1. The van der Waals surface area contributed by atoms with Gasteiger partial charge in [0.05, 0.1) is 14.9 Å². The van der Waals surface area contributed by atoms with Crippen molar-refractivity contribution < 1.29 is 9.59 Å². The van der Waals surface area contributed by atoms with E-state index >= 15 is 0 Å². The molecule has 0 bridgehead atoms. The number of thiophene rings is 1. The highest BCUT2D eigenvalue weighted by atomic mass is 79.9. The maximum atomic E-state index is 12.8. The lowest BCUT2D eigenvalue weighted by molar-refractivity contribution is 0.103. The standard InChI is InChI=1S/C18H11BrClNO2S/c19-12-6-7-14(21-18(23)15-8-9-16(20)24-15)13(10-12)17(22)11-4-2-1-3-5-11/h1-10H,(H,21,23). The van der Waals surface area contributed by atoms with E-state index in [1.165, 1.54) is 11.3 Å². The van der Waals surface area contributed by atoms with E-state index in [0.717, 1.165) is 4.47 Å². The van der Waals surface area contributed by atoms with Gasteiger partial charge in [-0.2, -0.15) is 0 Å². The van der Waals surface area contributed by atoms with Crippen LogP contribution in [0.25, 0.3) is 0 Å². The summed E-state index contributed by atoms with van der Waals surface area (Å²) in [6.07, 6.45) is 0. The lowest BCUT2D eigenvalue weighted by Gasteiger charge is -2.10. The maximum Gasteiger partial charge on any atom is 0.265 e. The molecule has 0 atom stereocenters. The molecule has 0 spiro atoms. The number of benzene rings is 2. The Bertz CT molecular complexity index is 908. The molecule has 0 unspecified atom stereocenters. The fourth-order valence-electron chi connectivity index (χ4n) is 2.18. The van der Waals surface area contributed by atoms with Crippen molar-refractivity contribution in [3.63, 3.8) is 0 Å². The van der Waals surface area contributed by atoms with Crippen LogP contribution in [0, 0.1) is 0 Å². The number of carbonyl (C=O) groups is 2. The highest BCUT2D eigenvalue weighted by molar-refractivity contribution is 9.10. The normalized spacial score (nSPS) is 10.4. The van der Waals surface area contributed by atoms with Crippen molar-refractivity contribution in [3.05, 3.63) is 85.5 Å². The molecule has 0 radical (unpaired) electrons. The number of ketones is 1. The van der Waals surface area contributed by atoms with Gasteiger partial charge in [-0.3, -0.25) is 9.59 Å². The zero-order valence-electron chi connectivity index (χ0n) is 12.3. The van der Waals surface area contributed by atoms with Crippen molar-refractivity contribution in [3.8, 4) is 0 Å². The van der Waals surface area contributed by atoms with E-state index < -0.39 is 0 Å². The second-order valence-electron chi connectivity index (χ2n) is 4.94. The molecule has 120 valence electrons. The van der Waals surface area contributed by atoms with Crippen LogP contribution in [0.5, 0.6) is 0 Å². The Morgan fingerprint density at radius 1 is 1.00 bits per heavy atom. The second-order valence-corrected chi connectivity index (χ2v) is 7.57. The van der Waals surface area contributed by atoms with Crippen LogP contribution in [-0.4, -0.2) is 11.7 Å². The topological polar surface area (TPSA) is 46.2 Å². The molecule has 1 amide bonds. The van der Waals surface area contributed by atoms with E-state index in [-0.39, 0.29) is 11.7 Å². The molecule has 3 nitrogen and oxygen atoms in total. The Kier molecular flexibility index (Phi) is 5.14. The van der Waals surface area contributed by atoms with E-state index in [4.69, 9.17) is 11.6 Å². The smallest absolute Gasteiger partial charge is 0.265 e. The molecular weight excluding hydrogens is 410 g/mol. The molecule has 0 aliphatic heterocycles. The van der Waals surface area contributed by atoms with Gasteiger partial charge in [0.25, 0.3) is 5.91 Å². The first-order valence-corrected chi connectivity index (χ1v) is 8.99.